The molecular weight excluding hydrogens is 202 g/mol. The van der Waals surface area contributed by atoms with Crippen LogP contribution in [0.3, 0.4) is 0 Å². The van der Waals surface area contributed by atoms with Gasteiger partial charge in [-0.25, -0.2) is 4.79 Å². The smallest absolute Gasteiger partial charge is 0.326 e. The van der Waals surface area contributed by atoms with Crippen molar-refractivity contribution in [1.82, 2.24) is 0 Å². The zero-order valence-corrected chi connectivity index (χ0v) is 9.52. The largest absolute Gasteiger partial charge is 0.480 e. The standard InChI is InChI=1S/C13H17NO2/c1-10-5-4-6-11(9-10)14-8-3-2-7-12(14)13(15)16/h4-6,9,12H,2-3,7-8H2,1H3,(H,15,16). The monoisotopic (exact) mass is 219 g/mol. The van der Waals surface area contributed by atoms with Gasteiger partial charge in [0.05, 0.1) is 0 Å². The number of carbonyl (C=O) groups is 1. The first-order valence-electron chi connectivity index (χ1n) is 5.74. The fourth-order valence-electron chi connectivity index (χ4n) is 2.30. The van der Waals surface area contributed by atoms with Crippen molar-refractivity contribution in [3.05, 3.63) is 29.8 Å². The molecule has 3 heteroatoms. The van der Waals surface area contributed by atoms with Crippen LogP contribution in [0.15, 0.2) is 24.3 Å². The van der Waals surface area contributed by atoms with Crippen molar-refractivity contribution in [3.63, 3.8) is 0 Å². The average molecular weight is 219 g/mol. The van der Waals surface area contributed by atoms with Gasteiger partial charge >= 0.3 is 5.97 Å². The number of hydrogen-bond acceptors (Lipinski definition) is 2. The molecule has 2 rings (SSSR count). The number of carboxylic acid groups (broad SMARTS) is 1. The Morgan fingerprint density at radius 1 is 1.44 bits per heavy atom. The van der Waals surface area contributed by atoms with E-state index in [9.17, 15) is 9.90 Å². The second-order valence-corrected chi connectivity index (χ2v) is 4.38. The number of nitrogens with zero attached hydrogens (tertiary/aromatic N) is 1. The van der Waals surface area contributed by atoms with E-state index < -0.39 is 5.97 Å². The van der Waals surface area contributed by atoms with E-state index in [1.807, 2.05) is 30.0 Å². The molecule has 0 radical (unpaired) electrons. The van der Waals surface area contributed by atoms with Crippen molar-refractivity contribution in [2.75, 3.05) is 11.4 Å². The van der Waals surface area contributed by atoms with Crippen LogP contribution in [0.5, 0.6) is 0 Å². The Balaban J connectivity index is 2.26. The highest BCUT2D eigenvalue weighted by molar-refractivity contribution is 5.78. The van der Waals surface area contributed by atoms with E-state index in [2.05, 4.69) is 6.07 Å². The van der Waals surface area contributed by atoms with Gasteiger partial charge in [-0.05, 0) is 43.9 Å². The normalized spacial score (nSPS) is 20.8. The maximum atomic E-state index is 11.2. The molecule has 16 heavy (non-hydrogen) atoms. The number of hydrogen-bond donors (Lipinski definition) is 1. The van der Waals surface area contributed by atoms with Gasteiger partial charge in [-0.3, -0.25) is 0 Å². The second-order valence-electron chi connectivity index (χ2n) is 4.38. The minimum atomic E-state index is -0.707. The average Bonchev–Trinajstić information content (AvgIpc) is 2.29. The van der Waals surface area contributed by atoms with Gasteiger partial charge < -0.3 is 10.0 Å². The molecule has 1 atom stereocenters. The molecule has 86 valence electrons. The first-order chi connectivity index (χ1) is 7.68. The molecule has 1 saturated heterocycles. The Bertz CT molecular complexity index is 389. The van der Waals surface area contributed by atoms with Gasteiger partial charge in [0, 0.05) is 12.2 Å². The highest BCUT2D eigenvalue weighted by Gasteiger charge is 2.28. The number of piperidine rings is 1. The Morgan fingerprint density at radius 2 is 2.25 bits per heavy atom. The van der Waals surface area contributed by atoms with Crippen LogP contribution in [0.1, 0.15) is 24.8 Å². The molecule has 1 unspecified atom stereocenters. The zero-order chi connectivity index (χ0) is 11.5. The van der Waals surface area contributed by atoms with Gasteiger partial charge in [-0.2, -0.15) is 0 Å². The fourth-order valence-corrected chi connectivity index (χ4v) is 2.30. The summed E-state index contributed by atoms with van der Waals surface area (Å²) in [5, 5.41) is 9.20. The lowest BCUT2D eigenvalue weighted by molar-refractivity contribution is -0.139. The summed E-state index contributed by atoms with van der Waals surface area (Å²) in [6.45, 7) is 2.88. The van der Waals surface area contributed by atoms with E-state index in [1.54, 1.807) is 0 Å². The molecule has 0 spiro atoms. The van der Waals surface area contributed by atoms with Gasteiger partial charge in [-0.15, -0.1) is 0 Å². The third-order valence-corrected chi connectivity index (χ3v) is 3.12. The quantitative estimate of drug-likeness (QED) is 0.830. The minimum Gasteiger partial charge on any atom is -0.480 e. The SMILES string of the molecule is Cc1cccc(N2CCCCC2C(=O)O)c1. The number of anilines is 1. The van der Waals surface area contributed by atoms with Crippen molar-refractivity contribution < 1.29 is 9.90 Å². The first-order valence-corrected chi connectivity index (χ1v) is 5.74. The second kappa shape index (κ2) is 4.56. The summed E-state index contributed by atoms with van der Waals surface area (Å²) in [6, 6.07) is 7.72. The molecule has 1 aliphatic rings. The molecule has 0 saturated carbocycles. The summed E-state index contributed by atoms with van der Waals surface area (Å²) in [7, 11) is 0. The minimum absolute atomic E-state index is 0.351. The van der Waals surface area contributed by atoms with E-state index >= 15 is 0 Å². The van der Waals surface area contributed by atoms with Crippen LogP contribution >= 0.6 is 0 Å². The maximum absolute atomic E-state index is 11.2. The Hall–Kier alpha value is -1.51. The predicted molar refractivity (Wildman–Crippen MR) is 63.8 cm³/mol. The van der Waals surface area contributed by atoms with Gasteiger partial charge in [0.2, 0.25) is 0 Å². The zero-order valence-electron chi connectivity index (χ0n) is 9.52. The predicted octanol–water partition coefficient (Wildman–Crippen LogP) is 2.44. The third kappa shape index (κ3) is 2.18. The van der Waals surface area contributed by atoms with E-state index in [0.29, 0.717) is 0 Å². The number of benzene rings is 1. The molecular formula is C13H17NO2. The Kier molecular flexibility index (Phi) is 3.13. The molecule has 0 amide bonds. The van der Waals surface area contributed by atoms with E-state index in [1.165, 1.54) is 5.56 Å². The van der Waals surface area contributed by atoms with Crippen LogP contribution < -0.4 is 4.90 Å². The van der Waals surface area contributed by atoms with Gasteiger partial charge in [0.15, 0.2) is 0 Å². The molecule has 1 aliphatic heterocycles. The Morgan fingerprint density at radius 3 is 2.94 bits per heavy atom. The number of aryl methyl sites for hydroxylation is 1. The molecule has 0 aliphatic carbocycles. The summed E-state index contributed by atoms with van der Waals surface area (Å²) in [4.78, 5) is 13.2. The lowest BCUT2D eigenvalue weighted by Gasteiger charge is -2.35. The molecule has 0 aromatic heterocycles. The van der Waals surface area contributed by atoms with Crippen LogP contribution in [0.25, 0.3) is 0 Å². The molecule has 1 fully saturated rings. The summed E-state index contributed by atoms with van der Waals surface area (Å²) in [5.41, 5.74) is 2.21. The van der Waals surface area contributed by atoms with Crippen LogP contribution in [-0.4, -0.2) is 23.7 Å². The number of carboxylic acids is 1. The van der Waals surface area contributed by atoms with Crippen LogP contribution in [0.4, 0.5) is 5.69 Å². The molecule has 0 bridgehead atoms. The van der Waals surface area contributed by atoms with Gasteiger partial charge in [-0.1, -0.05) is 12.1 Å². The maximum Gasteiger partial charge on any atom is 0.326 e. The molecule has 1 aromatic carbocycles. The summed E-state index contributed by atoms with van der Waals surface area (Å²) in [6.07, 6.45) is 2.85. The highest BCUT2D eigenvalue weighted by atomic mass is 16.4. The van der Waals surface area contributed by atoms with Crippen molar-refractivity contribution in [1.29, 1.82) is 0 Å². The van der Waals surface area contributed by atoms with Gasteiger partial charge in [0.1, 0.15) is 6.04 Å². The lowest BCUT2D eigenvalue weighted by atomic mass is 10.0. The van der Waals surface area contributed by atoms with E-state index in [0.717, 1.165) is 31.5 Å². The van der Waals surface area contributed by atoms with Crippen molar-refractivity contribution in [2.24, 2.45) is 0 Å². The molecule has 1 heterocycles. The van der Waals surface area contributed by atoms with Gasteiger partial charge in [0.25, 0.3) is 0 Å². The summed E-state index contributed by atoms with van der Waals surface area (Å²) >= 11 is 0. The molecule has 1 N–H and O–H groups in total. The molecule has 1 aromatic rings. The first kappa shape index (κ1) is 11.0. The topological polar surface area (TPSA) is 40.5 Å². The Labute approximate surface area is 95.7 Å². The third-order valence-electron chi connectivity index (χ3n) is 3.12. The molecule has 3 nitrogen and oxygen atoms in total. The number of rotatable bonds is 2. The summed E-state index contributed by atoms with van der Waals surface area (Å²) < 4.78 is 0. The fraction of sp³-hybridized carbons (Fsp3) is 0.462. The number of aliphatic carboxylic acids is 1. The van der Waals surface area contributed by atoms with Crippen LogP contribution in [-0.2, 0) is 4.79 Å². The van der Waals surface area contributed by atoms with Crippen LogP contribution in [0.2, 0.25) is 0 Å². The van der Waals surface area contributed by atoms with E-state index in [-0.39, 0.29) is 6.04 Å². The van der Waals surface area contributed by atoms with Crippen molar-refractivity contribution >= 4 is 11.7 Å². The van der Waals surface area contributed by atoms with E-state index in [4.69, 9.17) is 0 Å². The van der Waals surface area contributed by atoms with Crippen molar-refractivity contribution in [3.8, 4) is 0 Å². The summed E-state index contributed by atoms with van der Waals surface area (Å²) in [5.74, 6) is -0.707. The van der Waals surface area contributed by atoms with Crippen molar-refractivity contribution in [2.45, 2.75) is 32.2 Å². The highest BCUT2D eigenvalue weighted by Crippen LogP contribution is 2.25. The van der Waals surface area contributed by atoms with Crippen LogP contribution in [0, 0.1) is 6.92 Å². The lowest BCUT2D eigenvalue weighted by Crippen LogP contribution is -2.44.